The predicted octanol–water partition coefficient (Wildman–Crippen LogP) is 3.45. The fraction of sp³-hybridized carbons (Fsp3) is 0.300. The molecule has 6 nitrogen and oxygen atoms in total. The van der Waals surface area contributed by atoms with E-state index in [1.165, 1.54) is 7.11 Å². The van der Waals surface area contributed by atoms with E-state index in [2.05, 4.69) is 5.32 Å². The van der Waals surface area contributed by atoms with E-state index in [9.17, 15) is 9.59 Å². The zero-order chi connectivity index (χ0) is 19.2. The Labute approximate surface area is 162 Å². The number of benzene rings is 2. The minimum atomic E-state index is -0.206. The van der Waals surface area contributed by atoms with Crippen LogP contribution in [0.3, 0.4) is 0 Å². The van der Waals surface area contributed by atoms with E-state index in [0.29, 0.717) is 23.8 Å². The van der Waals surface area contributed by atoms with Crippen LogP contribution in [-0.4, -0.2) is 37.9 Å². The summed E-state index contributed by atoms with van der Waals surface area (Å²) in [6, 6.07) is 15.1. The van der Waals surface area contributed by atoms with Crippen LogP contribution < -0.4 is 15.0 Å². The van der Waals surface area contributed by atoms with Crippen LogP contribution >= 0.6 is 11.8 Å². The van der Waals surface area contributed by atoms with E-state index < -0.39 is 0 Å². The number of hydrogen-bond donors (Lipinski definition) is 1. The highest BCUT2D eigenvalue weighted by atomic mass is 32.2. The van der Waals surface area contributed by atoms with Crippen LogP contribution in [0.4, 0.5) is 11.4 Å². The first kappa shape index (κ1) is 19.3. The Morgan fingerprint density at radius 2 is 1.96 bits per heavy atom. The van der Waals surface area contributed by atoms with E-state index in [-0.39, 0.29) is 23.8 Å². The summed E-state index contributed by atoms with van der Waals surface area (Å²) in [6.45, 7) is 2.47. The summed E-state index contributed by atoms with van der Waals surface area (Å²) in [5.74, 6) is 0.958. The molecule has 0 spiro atoms. The lowest BCUT2D eigenvalue weighted by Gasteiger charge is -2.26. The summed E-state index contributed by atoms with van der Waals surface area (Å²) < 4.78 is 10.5. The second-order valence-electron chi connectivity index (χ2n) is 5.93. The van der Waals surface area contributed by atoms with Crippen LogP contribution in [0.1, 0.15) is 17.9 Å². The number of nitrogens with zero attached hydrogens (tertiary/aromatic N) is 1. The highest BCUT2D eigenvalue weighted by Crippen LogP contribution is 2.44. The van der Waals surface area contributed by atoms with E-state index in [1.807, 2.05) is 55.5 Å². The molecule has 2 aromatic rings. The van der Waals surface area contributed by atoms with Crippen molar-refractivity contribution in [1.82, 2.24) is 0 Å². The second-order valence-corrected chi connectivity index (χ2v) is 7.00. The van der Waals surface area contributed by atoms with Gasteiger partial charge in [-0.3, -0.25) is 14.5 Å². The SMILES string of the molecule is CCOc1ccccc1N1C(=O)CS[C@H]1c1ccc(NC(=O)COC)cc1. The zero-order valence-corrected chi connectivity index (χ0v) is 16.1. The van der Waals surface area contributed by atoms with Crippen molar-refractivity contribution in [2.75, 3.05) is 36.3 Å². The molecule has 1 fully saturated rings. The first-order valence-electron chi connectivity index (χ1n) is 8.68. The third-order valence-corrected chi connectivity index (χ3v) is 5.26. The average molecular weight is 386 g/mol. The number of methoxy groups -OCH3 is 1. The van der Waals surface area contributed by atoms with Crippen molar-refractivity contribution in [1.29, 1.82) is 0 Å². The Morgan fingerprint density at radius 3 is 2.67 bits per heavy atom. The van der Waals surface area contributed by atoms with Crippen LogP contribution in [0, 0.1) is 0 Å². The quantitative estimate of drug-likeness (QED) is 0.789. The van der Waals surface area contributed by atoms with Gasteiger partial charge in [-0.1, -0.05) is 24.3 Å². The number of nitrogens with one attached hydrogen (secondary N) is 1. The third-order valence-electron chi connectivity index (χ3n) is 4.05. The van der Waals surface area contributed by atoms with Gasteiger partial charge in [-0.25, -0.2) is 0 Å². The lowest BCUT2D eigenvalue weighted by molar-refractivity contribution is -0.119. The summed E-state index contributed by atoms with van der Waals surface area (Å²) >= 11 is 1.57. The van der Waals surface area contributed by atoms with Gasteiger partial charge in [0.2, 0.25) is 11.8 Å². The largest absolute Gasteiger partial charge is 0.492 e. The second kappa shape index (κ2) is 8.92. The van der Waals surface area contributed by atoms with Crippen LogP contribution in [0.15, 0.2) is 48.5 Å². The minimum Gasteiger partial charge on any atom is -0.492 e. The Kier molecular flexibility index (Phi) is 6.36. The van der Waals surface area contributed by atoms with Crippen LogP contribution in [0.2, 0.25) is 0 Å². The van der Waals surface area contributed by atoms with Gasteiger partial charge < -0.3 is 14.8 Å². The fourth-order valence-electron chi connectivity index (χ4n) is 2.92. The molecule has 0 aromatic heterocycles. The number of amides is 2. The monoisotopic (exact) mass is 386 g/mol. The molecule has 7 heteroatoms. The molecule has 0 aliphatic carbocycles. The summed E-state index contributed by atoms with van der Waals surface area (Å²) in [5, 5.41) is 2.63. The normalized spacial score (nSPS) is 16.4. The summed E-state index contributed by atoms with van der Waals surface area (Å²) in [7, 11) is 1.48. The van der Waals surface area contributed by atoms with Crippen LogP contribution in [0.25, 0.3) is 0 Å². The molecule has 142 valence electrons. The van der Waals surface area contributed by atoms with Crippen molar-refractivity contribution in [3.63, 3.8) is 0 Å². The van der Waals surface area contributed by atoms with Gasteiger partial charge in [0.1, 0.15) is 17.7 Å². The van der Waals surface area contributed by atoms with Gasteiger partial charge in [-0.15, -0.1) is 11.8 Å². The summed E-state index contributed by atoms with van der Waals surface area (Å²) in [6.07, 6.45) is 0. The molecule has 1 aliphatic rings. The average Bonchev–Trinajstić information content (AvgIpc) is 3.05. The number of para-hydroxylation sites is 2. The van der Waals surface area contributed by atoms with E-state index in [0.717, 1.165) is 11.3 Å². The van der Waals surface area contributed by atoms with Gasteiger partial charge >= 0.3 is 0 Å². The first-order chi connectivity index (χ1) is 13.1. The van der Waals surface area contributed by atoms with Crippen molar-refractivity contribution < 1.29 is 19.1 Å². The maximum absolute atomic E-state index is 12.6. The molecule has 0 unspecified atom stereocenters. The van der Waals surface area contributed by atoms with Gasteiger partial charge in [0.25, 0.3) is 0 Å². The molecule has 2 amide bonds. The number of thioether (sulfide) groups is 1. The molecule has 27 heavy (non-hydrogen) atoms. The van der Waals surface area contributed by atoms with E-state index in [4.69, 9.17) is 9.47 Å². The van der Waals surface area contributed by atoms with Crippen molar-refractivity contribution in [3.8, 4) is 5.75 Å². The van der Waals surface area contributed by atoms with Crippen molar-refractivity contribution >= 4 is 35.0 Å². The minimum absolute atomic E-state index is 0.0106. The lowest BCUT2D eigenvalue weighted by atomic mass is 10.1. The standard InChI is InChI=1S/C20H22N2O4S/c1-3-26-17-7-5-4-6-16(17)22-19(24)13-27-20(22)14-8-10-15(11-9-14)21-18(23)12-25-2/h4-11,20H,3,12-13H2,1-2H3,(H,21,23)/t20-/m0/s1. The molecule has 1 heterocycles. The Bertz CT molecular complexity index is 810. The molecule has 3 rings (SSSR count). The number of carbonyl (C=O) groups is 2. The molecular weight excluding hydrogens is 364 g/mol. The van der Waals surface area contributed by atoms with Gasteiger partial charge in [-0.05, 0) is 36.8 Å². The number of carbonyl (C=O) groups excluding carboxylic acids is 2. The molecular formula is C20H22N2O4S. The molecule has 0 saturated carbocycles. The molecule has 0 radical (unpaired) electrons. The fourth-order valence-corrected chi connectivity index (χ4v) is 4.09. The van der Waals surface area contributed by atoms with Gasteiger partial charge in [0.05, 0.1) is 18.0 Å². The van der Waals surface area contributed by atoms with Crippen LogP contribution in [0.5, 0.6) is 5.75 Å². The van der Waals surface area contributed by atoms with Gasteiger partial charge in [0, 0.05) is 12.8 Å². The van der Waals surface area contributed by atoms with Crippen molar-refractivity contribution in [2.24, 2.45) is 0 Å². The highest BCUT2D eigenvalue weighted by Gasteiger charge is 2.35. The summed E-state index contributed by atoms with van der Waals surface area (Å²) in [4.78, 5) is 26.0. The van der Waals surface area contributed by atoms with Gasteiger partial charge in [-0.2, -0.15) is 0 Å². The maximum Gasteiger partial charge on any atom is 0.250 e. The third kappa shape index (κ3) is 4.43. The smallest absolute Gasteiger partial charge is 0.250 e. The highest BCUT2D eigenvalue weighted by molar-refractivity contribution is 8.00. The lowest BCUT2D eigenvalue weighted by Crippen LogP contribution is -2.28. The molecule has 1 atom stereocenters. The van der Waals surface area contributed by atoms with Crippen LogP contribution in [-0.2, 0) is 14.3 Å². The number of hydrogen-bond acceptors (Lipinski definition) is 5. The molecule has 0 bridgehead atoms. The molecule has 2 aromatic carbocycles. The summed E-state index contributed by atoms with van der Waals surface area (Å²) in [5.41, 5.74) is 2.45. The molecule has 1 N–H and O–H groups in total. The Morgan fingerprint density at radius 1 is 1.22 bits per heavy atom. The Balaban J connectivity index is 1.83. The van der Waals surface area contributed by atoms with E-state index in [1.54, 1.807) is 16.7 Å². The number of ether oxygens (including phenoxy) is 2. The van der Waals surface area contributed by atoms with E-state index >= 15 is 0 Å². The zero-order valence-electron chi connectivity index (χ0n) is 15.3. The number of anilines is 2. The maximum atomic E-state index is 12.6. The number of rotatable bonds is 7. The Hall–Kier alpha value is -2.51. The first-order valence-corrected chi connectivity index (χ1v) is 9.73. The van der Waals surface area contributed by atoms with Gasteiger partial charge in [0.15, 0.2) is 0 Å². The molecule has 1 aliphatic heterocycles. The topological polar surface area (TPSA) is 67.9 Å². The molecule has 1 saturated heterocycles. The van der Waals surface area contributed by atoms with Crippen molar-refractivity contribution in [2.45, 2.75) is 12.3 Å². The van der Waals surface area contributed by atoms with Crippen molar-refractivity contribution in [3.05, 3.63) is 54.1 Å². The predicted molar refractivity (Wildman–Crippen MR) is 107 cm³/mol.